The fourth-order valence-corrected chi connectivity index (χ4v) is 7.32. The number of methoxy groups -OCH3 is 2. The molecule has 3 N–H and O–H groups in total. The van der Waals surface area contributed by atoms with Crippen molar-refractivity contribution in [2.45, 2.75) is 24.7 Å². The minimum absolute atomic E-state index is 0.0196. The summed E-state index contributed by atoms with van der Waals surface area (Å²) in [5.41, 5.74) is 3.10. The van der Waals surface area contributed by atoms with Gasteiger partial charge < -0.3 is 25.0 Å². The number of carbonyl (C=O) groups is 1. The molecule has 13 heteroatoms. The molecule has 2 aromatic carbocycles. The quantitative estimate of drug-likeness (QED) is 0.313. The van der Waals surface area contributed by atoms with Crippen LogP contribution in [0.4, 0.5) is 23.1 Å². The molecule has 0 radical (unpaired) electrons. The summed E-state index contributed by atoms with van der Waals surface area (Å²) in [7, 11) is 0.118. The van der Waals surface area contributed by atoms with Crippen LogP contribution < -0.4 is 25.0 Å². The smallest absolute Gasteiger partial charge is 0.235 e. The molecule has 1 saturated carbocycles. The number of nitrogens with zero attached hydrogens (tertiary/aromatic N) is 4. The molecule has 2 aromatic heterocycles. The van der Waals surface area contributed by atoms with E-state index in [0.717, 1.165) is 39.9 Å². The first-order valence-corrected chi connectivity index (χ1v) is 15.2. The van der Waals surface area contributed by atoms with Crippen molar-refractivity contribution >= 4 is 49.8 Å². The van der Waals surface area contributed by atoms with Crippen molar-refractivity contribution in [2.75, 3.05) is 54.3 Å². The van der Waals surface area contributed by atoms with Crippen molar-refractivity contribution in [1.29, 1.82) is 0 Å². The number of ether oxygens (including phenoxy) is 2. The van der Waals surface area contributed by atoms with Gasteiger partial charge in [0.1, 0.15) is 11.6 Å². The lowest BCUT2D eigenvalue weighted by Gasteiger charge is -2.29. The summed E-state index contributed by atoms with van der Waals surface area (Å²) in [5, 5.41) is 14.8. The maximum Gasteiger partial charge on any atom is 0.235 e. The van der Waals surface area contributed by atoms with E-state index in [0.29, 0.717) is 42.1 Å². The highest BCUT2D eigenvalue weighted by Gasteiger charge is 2.65. The topological polar surface area (TPSA) is 151 Å². The first kappa shape index (κ1) is 25.6. The number of aromatic nitrogens is 4. The Morgan fingerprint density at radius 3 is 2.61 bits per heavy atom. The first-order chi connectivity index (χ1) is 19.7. The molecule has 1 amide bonds. The Morgan fingerprint density at radius 2 is 1.85 bits per heavy atom. The van der Waals surface area contributed by atoms with Gasteiger partial charge in [0, 0.05) is 30.1 Å². The Labute approximate surface area is 236 Å². The number of H-pyrrole nitrogens is 1. The van der Waals surface area contributed by atoms with Gasteiger partial charge in [0.05, 0.1) is 36.7 Å². The Hall–Kier alpha value is -4.39. The molecule has 41 heavy (non-hydrogen) atoms. The van der Waals surface area contributed by atoms with E-state index in [-0.39, 0.29) is 23.3 Å². The van der Waals surface area contributed by atoms with E-state index in [1.807, 2.05) is 41.3 Å². The molecule has 7 rings (SSSR count). The van der Waals surface area contributed by atoms with Gasteiger partial charge in [-0.2, -0.15) is 5.10 Å². The molecule has 1 saturated heterocycles. The number of aromatic amines is 1. The molecule has 3 aliphatic rings. The van der Waals surface area contributed by atoms with Gasteiger partial charge in [0.25, 0.3) is 0 Å². The number of benzene rings is 2. The fraction of sp³-hybridized carbons (Fsp3) is 0.357. The van der Waals surface area contributed by atoms with E-state index in [4.69, 9.17) is 9.47 Å². The van der Waals surface area contributed by atoms with Crippen molar-refractivity contribution in [2.24, 2.45) is 0 Å². The summed E-state index contributed by atoms with van der Waals surface area (Å²) in [4.78, 5) is 24.1. The summed E-state index contributed by atoms with van der Waals surface area (Å²) in [5.74, 6) is 3.42. The predicted molar refractivity (Wildman–Crippen MR) is 154 cm³/mol. The normalized spacial score (nSPS) is 22.5. The predicted octanol–water partition coefficient (Wildman–Crippen LogP) is 3.03. The SMILES string of the molecule is COc1ccc2c(c1)[C@]1(C[C@H]1c1ccc3c(Nc4nc(C)nc(N5CCS(=O)(=O)CC5)c4OC)n[nH]c3c1)C(=O)N2. The lowest BCUT2D eigenvalue weighted by Crippen LogP contribution is -2.41. The highest BCUT2D eigenvalue weighted by Crippen LogP contribution is 2.65. The number of fused-ring (bicyclic) bond motifs is 3. The second kappa shape index (κ2) is 9.06. The zero-order valence-electron chi connectivity index (χ0n) is 22.8. The Balaban J connectivity index is 1.18. The average molecular weight is 576 g/mol. The monoisotopic (exact) mass is 575 g/mol. The van der Waals surface area contributed by atoms with Crippen LogP contribution in [-0.2, 0) is 20.0 Å². The molecule has 1 spiro atoms. The minimum atomic E-state index is -3.05. The molecular weight excluding hydrogens is 546 g/mol. The van der Waals surface area contributed by atoms with E-state index in [1.165, 1.54) is 7.11 Å². The largest absolute Gasteiger partial charge is 0.497 e. The van der Waals surface area contributed by atoms with E-state index < -0.39 is 15.3 Å². The molecule has 2 aliphatic heterocycles. The Bertz CT molecular complexity index is 1830. The third kappa shape index (κ3) is 4.05. The van der Waals surface area contributed by atoms with E-state index in [1.54, 1.807) is 14.0 Å². The number of amides is 1. The molecule has 0 unspecified atom stereocenters. The number of sulfone groups is 1. The van der Waals surface area contributed by atoms with Gasteiger partial charge in [0.15, 0.2) is 27.3 Å². The van der Waals surface area contributed by atoms with Crippen molar-refractivity contribution in [3.05, 3.63) is 53.3 Å². The van der Waals surface area contributed by atoms with Gasteiger partial charge in [-0.25, -0.2) is 18.4 Å². The zero-order chi connectivity index (χ0) is 28.5. The van der Waals surface area contributed by atoms with E-state index in [2.05, 4.69) is 30.8 Å². The number of carbonyl (C=O) groups excluding carboxylic acids is 1. The van der Waals surface area contributed by atoms with Gasteiger partial charge in [-0.15, -0.1) is 0 Å². The van der Waals surface area contributed by atoms with Crippen LogP contribution >= 0.6 is 0 Å². The molecule has 4 aromatic rings. The van der Waals surface area contributed by atoms with Gasteiger partial charge >= 0.3 is 0 Å². The number of aryl methyl sites for hydroxylation is 1. The van der Waals surface area contributed by atoms with Gasteiger partial charge in [-0.3, -0.25) is 9.89 Å². The molecule has 2 fully saturated rings. The number of hydrogen-bond donors (Lipinski definition) is 3. The van der Waals surface area contributed by atoms with E-state index >= 15 is 0 Å². The summed E-state index contributed by atoms with van der Waals surface area (Å²) in [6.07, 6.45) is 0.724. The summed E-state index contributed by atoms with van der Waals surface area (Å²) < 4.78 is 35.0. The van der Waals surface area contributed by atoms with Crippen molar-refractivity contribution < 1.29 is 22.7 Å². The van der Waals surface area contributed by atoms with Gasteiger partial charge in [-0.05, 0) is 54.8 Å². The number of nitrogens with one attached hydrogen (secondary N) is 3. The highest BCUT2D eigenvalue weighted by atomic mass is 32.2. The Kier molecular flexibility index (Phi) is 5.65. The number of rotatable bonds is 6. The van der Waals surface area contributed by atoms with Crippen LogP contribution in [0.1, 0.15) is 29.3 Å². The van der Waals surface area contributed by atoms with E-state index in [9.17, 15) is 13.2 Å². The lowest BCUT2D eigenvalue weighted by molar-refractivity contribution is -0.118. The summed E-state index contributed by atoms with van der Waals surface area (Å²) in [6.45, 7) is 2.45. The first-order valence-electron chi connectivity index (χ1n) is 13.4. The van der Waals surface area contributed by atoms with Crippen LogP contribution in [0.2, 0.25) is 0 Å². The highest BCUT2D eigenvalue weighted by molar-refractivity contribution is 7.91. The maximum absolute atomic E-state index is 13.1. The maximum atomic E-state index is 13.1. The molecule has 212 valence electrons. The van der Waals surface area contributed by atoms with Crippen molar-refractivity contribution in [1.82, 2.24) is 20.2 Å². The van der Waals surface area contributed by atoms with Crippen molar-refractivity contribution in [3.8, 4) is 11.5 Å². The molecule has 12 nitrogen and oxygen atoms in total. The second-order valence-corrected chi connectivity index (χ2v) is 13.0. The third-order valence-corrected chi connectivity index (χ3v) is 9.96. The Morgan fingerprint density at radius 1 is 1.05 bits per heavy atom. The second-order valence-electron chi connectivity index (χ2n) is 10.7. The zero-order valence-corrected chi connectivity index (χ0v) is 23.6. The molecule has 1 aliphatic carbocycles. The summed E-state index contributed by atoms with van der Waals surface area (Å²) in [6, 6.07) is 11.8. The number of hydrogen-bond acceptors (Lipinski definition) is 10. The average Bonchev–Trinajstić information content (AvgIpc) is 3.51. The molecule has 0 bridgehead atoms. The van der Waals surface area contributed by atoms with Crippen molar-refractivity contribution in [3.63, 3.8) is 0 Å². The fourth-order valence-electron chi connectivity index (χ4n) is 6.12. The molecule has 4 heterocycles. The lowest BCUT2D eigenvalue weighted by atomic mass is 9.91. The van der Waals surface area contributed by atoms with Gasteiger partial charge in [0.2, 0.25) is 11.7 Å². The third-order valence-electron chi connectivity index (χ3n) is 8.36. The van der Waals surface area contributed by atoms with Crippen LogP contribution in [0.15, 0.2) is 36.4 Å². The van der Waals surface area contributed by atoms with Crippen LogP contribution in [0.3, 0.4) is 0 Å². The van der Waals surface area contributed by atoms with Gasteiger partial charge in [-0.1, -0.05) is 6.07 Å². The minimum Gasteiger partial charge on any atom is -0.497 e. The molecular formula is C28H29N7O5S. The number of anilines is 4. The van der Waals surface area contributed by atoms with Crippen LogP contribution in [-0.4, -0.2) is 73.3 Å². The van der Waals surface area contributed by atoms with Crippen LogP contribution in [0, 0.1) is 6.92 Å². The summed E-state index contributed by atoms with van der Waals surface area (Å²) >= 11 is 0. The molecule has 2 atom stereocenters. The van der Waals surface area contributed by atoms with Crippen LogP contribution in [0.25, 0.3) is 10.9 Å². The van der Waals surface area contributed by atoms with Crippen LogP contribution in [0.5, 0.6) is 11.5 Å². The standard InChI is InChI=1S/C28H29N7O5S/c1-15-29-25(23(40-3)26(30-15)35-8-10-41(37,38)11-9-35)32-24-18-6-4-16(12-22(18)33-34-24)20-14-28(20)19-13-17(39-2)5-7-21(19)31-27(28)36/h4-7,12-13,20H,8-11,14H2,1-3H3,(H,31,36)(H2,29,30,32,33,34)/t20-,28-/m0/s1.